The molecule has 0 saturated carbocycles. The molecular formula is C21H23FN2O5S. The van der Waals surface area contributed by atoms with Gasteiger partial charge in [0.1, 0.15) is 25.1 Å². The van der Waals surface area contributed by atoms with E-state index in [9.17, 15) is 17.6 Å². The Balaban J connectivity index is 1.37. The predicted molar refractivity (Wildman–Crippen MR) is 107 cm³/mol. The van der Waals surface area contributed by atoms with Gasteiger partial charge in [-0.15, -0.1) is 0 Å². The monoisotopic (exact) mass is 434 g/mol. The first-order valence-electron chi connectivity index (χ1n) is 9.89. The molecular weight excluding hydrogens is 411 g/mol. The van der Waals surface area contributed by atoms with Crippen LogP contribution in [-0.4, -0.2) is 51.0 Å². The maximum atomic E-state index is 13.1. The summed E-state index contributed by atoms with van der Waals surface area (Å²) in [5.74, 6) is 0.568. The lowest BCUT2D eigenvalue weighted by molar-refractivity contribution is -0.124. The number of benzene rings is 2. The lowest BCUT2D eigenvalue weighted by Crippen LogP contribution is -2.46. The van der Waals surface area contributed by atoms with Gasteiger partial charge in [-0.25, -0.2) is 12.8 Å². The van der Waals surface area contributed by atoms with Gasteiger partial charge in [0.05, 0.1) is 4.90 Å². The number of carbonyl (C=O) groups is 1. The Labute approximate surface area is 174 Å². The third kappa shape index (κ3) is 4.27. The van der Waals surface area contributed by atoms with Gasteiger partial charge >= 0.3 is 0 Å². The van der Waals surface area contributed by atoms with Crippen molar-refractivity contribution in [2.75, 3.05) is 26.3 Å². The van der Waals surface area contributed by atoms with Gasteiger partial charge in [-0.3, -0.25) is 4.79 Å². The molecule has 4 rings (SSSR count). The molecule has 1 unspecified atom stereocenters. The minimum atomic E-state index is -3.86. The van der Waals surface area contributed by atoms with Crippen LogP contribution in [0.4, 0.5) is 4.39 Å². The summed E-state index contributed by atoms with van der Waals surface area (Å²) in [6.07, 6.45) is 1.64. The summed E-state index contributed by atoms with van der Waals surface area (Å²) >= 11 is 0. The average molecular weight is 434 g/mol. The number of hydrogen-bond acceptors (Lipinski definition) is 5. The second-order valence-corrected chi connectivity index (χ2v) is 9.14. The van der Waals surface area contributed by atoms with E-state index in [4.69, 9.17) is 9.47 Å². The van der Waals surface area contributed by atoms with E-state index in [0.29, 0.717) is 50.5 Å². The first-order valence-corrected chi connectivity index (χ1v) is 11.3. The first kappa shape index (κ1) is 20.6. The van der Waals surface area contributed by atoms with Gasteiger partial charge < -0.3 is 14.8 Å². The Hall–Kier alpha value is -2.65. The van der Waals surface area contributed by atoms with E-state index in [1.807, 2.05) is 18.2 Å². The molecule has 1 saturated heterocycles. The highest BCUT2D eigenvalue weighted by Gasteiger charge is 2.39. The van der Waals surface area contributed by atoms with Crippen LogP contribution in [-0.2, 0) is 21.2 Å². The number of fused-ring (bicyclic) bond motifs is 1. The smallest absolute Gasteiger partial charge is 0.243 e. The molecule has 2 heterocycles. The van der Waals surface area contributed by atoms with Crippen molar-refractivity contribution in [3.63, 3.8) is 0 Å². The number of nitrogens with one attached hydrogen (secondary N) is 1. The highest BCUT2D eigenvalue weighted by molar-refractivity contribution is 7.89. The molecule has 1 fully saturated rings. The molecule has 1 N–H and O–H groups in total. The van der Waals surface area contributed by atoms with Gasteiger partial charge in [0, 0.05) is 13.1 Å². The average Bonchev–Trinajstić information content (AvgIpc) is 3.25. The van der Waals surface area contributed by atoms with Crippen LogP contribution < -0.4 is 14.8 Å². The zero-order chi connectivity index (χ0) is 21.1. The fraction of sp³-hybridized carbons (Fsp3) is 0.381. The quantitative estimate of drug-likeness (QED) is 0.753. The molecule has 0 aliphatic carbocycles. The summed E-state index contributed by atoms with van der Waals surface area (Å²) in [4.78, 5) is 12.7. The molecule has 7 nitrogen and oxygen atoms in total. The third-order valence-electron chi connectivity index (χ3n) is 5.25. The topological polar surface area (TPSA) is 84.9 Å². The SMILES string of the molecule is O=C(NCCc1ccc2c(c1)OCCO2)C1CCCN1S(=O)(=O)c1ccc(F)cc1. The fourth-order valence-electron chi connectivity index (χ4n) is 3.72. The predicted octanol–water partition coefficient (Wildman–Crippen LogP) is 2.11. The molecule has 2 aromatic carbocycles. The van der Waals surface area contributed by atoms with Gasteiger partial charge in [-0.1, -0.05) is 6.07 Å². The van der Waals surface area contributed by atoms with Crippen LogP contribution in [0.1, 0.15) is 18.4 Å². The number of hydrogen-bond donors (Lipinski definition) is 1. The van der Waals surface area contributed by atoms with Crippen molar-refractivity contribution in [1.29, 1.82) is 0 Å². The van der Waals surface area contributed by atoms with E-state index in [1.165, 1.54) is 16.4 Å². The fourth-order valence-corrected chi connectivity index (χ4v) is 5.38. The number of carbonyl (C=O) groups excluding carboxylic acids is 1. The van der Waals surface area contributed by atoms with E-state index in [2.05, 4.69) is 5.32 Å². The van der Waals surface area contributed by atoms with E-state index in [0.717, 1.165) is 17.7 Å². The molecule has 2 aromatic rings. The molecule has 0 radical (unpaired) electrons. The number of nitrogens with zero attached hydrogens (tertiary/aromatic N) is 1. The Kier molecular flexibility index (Phi) is 5.92. The molecule has 0 bridgehead atoms. The number of amides is 1. The maximum absolute atomic E-state index is 13.1. The summed E-state index contributed by atoms with van der Waals surface area (Å²) in [5, 5.41) is 2.84. The van der Waals surface area contributed by atoms with Crippen LogP contribution in [0, 0.1) is 5.82 Å². The van der Waals surface area contributed by atoms with E-state index < -0.39 is 21.9 Å². The highest BCUT2D eigenvalue weighted by atomic mass is 32.2. The molecule has 1 amide bonds. The van der Waals surface area contributed by atoms with Gasteiger partial charge in [-0.2, -0.15) is 4.31 Å². The molecule has 1 atom stereocenters. The van der Waals surface area contributed by atoms with Crippen molar-refractivity contribution < 1.29 is 27.1 Å². The zero-order valence-electron chi connectivity index (χ0n) is 16.3. The molecule has 30 heavy (non-hydrogen) atoms. The van der Waals surface area contributed by atoms with Gasteiger partial charge in [0.15, 0.2) is 11.5 Å². The summed E-state index contributed by atoms with van der Waals surface area (Å²) in [6, 6.07) is 9.54. The Morgan fingerprint density at radius 2 is 1.83 bits per heavy atom. The molecule has 2 aliphatic heterocycles. The summed E-state index contributed by atoms with van der Waals surface area (Å²) < 4.78 is 51.2. The van der Waals surface area contributed by atoms with Crippen LogP contribution in [0.15, 0.2) is 47.4 Å². The first-order chi connectivity index (χ1) is 14.4. The second kappa shape index (κ2) is 8.61. The second-order valence-electron chi connectivity index (χ2n) is 7.25. The van der Waals surface area contributed by atoms with Gasteiger partial charge in [0.25, 0.3) is 0 Å². The Morgan fingerprint density at radius 3 is 2.60 bits per heavy atom. The summed E-state index contributed by atoms with van der Waals surface area (Å²) in [6.45, 7) is 1.67. The van der Waals surface area contributed by atoms with Crippen molar-refractivity contribution in [1.82, 2.24) is 9.62 Å². The van der Waals surface area contributed by atoms with Crippen molar-refractivity contribution in [2.24, 2.45) is 0 Å². The third-order valence-corrected chi connectivity index (χ3v) is 7.17. The van der Waals surface area contributed by atoms with Gasteiger partial charge in [-0.05, 0) is 61.2 Å². The molecule has 160 valence electrons. The number of rotatable bonds is 6. The lowest BCUT2D eigenvalue weighted by atomic mass is 10.1. The van der Waals surface area contributed by atoms with Crippen LogP contribution in [0.25, 0.3) is 0 Å². The lowest BCUT2D eigenvalue weighted by Gasteiger charge is -2.23. The van der Waals surface area contributed by atoms with Crippen molar-refractivity contribution in [2.45, 2.75) is 30.2 Å². The molecule has 2 aliphatic rings. The van der Waals surface area contributed by atoms with Crippen LogP contribution in [0.5, 0.6) is 11.5 Å². The molecule has 0 aromatic heterocycles. The Morgan fingerprint density at radius 1 is 1.10 bits per heavy atom. The van der Waals surface area contributed by atoms with E-state index >= 15 is 0 Å². The Bertz CT molecular complexity index is 1030. The maximum Gasteiger partial charge on any atom is 0.243 e. The standard InChI is InChI=1S/C21H23FN2O5S/c22-16-4-6-17(7-5-16)30(26,27)24-11-1-2-18(24)21(25)23-10-9-15-3-8-19-20(14-15)29-13-12-28-19/h3-8,14,18H,1-2,9-13H2,(H,23,25). The molecule has 9 heteroatoms. The number of ether oxygens (including phenoxy) is 2. The van der Waals surface area contributed by atoms with Crippen LogP contribution in [0.2, 0.25) is 0 Å². The van der Waals surface area contributed by atoms with Gasteiger partial charge in [0.2, 0.25) is 15.9 Å². The summed E-state index contributed by atoms with van der Waals surface area (Å²) in [7, 11) is -3.86. The minimum absolute atomic E-state index is 0.0140. The normalized spacial score (nSPS) is 18.9. The number of sulfonamides is 1. The van der Waals surface area contributed by atoms with E-state index in [-0.39, 0.29) is 17.3 Å². The number of halogens is 1. The minimum Gasteiger partial charge on any atom is -0.486 e. The highest BCUT2D eigenvalue weighted by Crippen LogP contribution is 2.31. The van der Waals surface area contributed by atoms with E-state index in [1.54, 1.807) is 0 Å². The van der Waals surface area contributed by atoms with Crippen LogP contribution >= 0.6 is 0 Å². The zero-order valence-corrected chi connectivity index (χ0v) is 17.2. The van der Waals surface area contributed by atoms with Crippen molar-refractivity contribution in [3.05, 3.63) is 53.8 Å². The molecule has 0 spiro atoms. The summed E-state index contributed by atoms with van der Waals surface area (Å²) in [5.41, 5.74) is 0.988. The largest absolute Gasteiger partial charge is 0.486 e. The van der Waals surface area contributed by atoms with Crippen LogP contribution in [0.3, 0.4) is 0 Å². The van der Waals surface area contributed by atoms with Crippen molar-refractivity contribution >= 4 is 15.9 Å². The van der Waals surface area contributed by atoms with Crippen molar-refractivity contribution in [3.8, 4) is 11.5 Å².